The second kappa shape index (κ2) is 12.2. The van der Waals surface area contributed by atoms with Crippen LogP contribution in [0.5, 0.6) is 11.5 Å². The van der Waals surface area contributed by atoms with Crippen LogP contribution in [0.15, 0.2) is 24.0 Å². The second-order valence-corrected chi connectivity index (χ2v) is 12.2. The molecule has 6 atom stereocenters. The monoisotopic (exact) mass is 587 g/mol. The van der Waals surface area contributed by atoms with Gasteiger partial charge in [-0.25, -0.2) is 4.79 Å². The van der Waals surface area contributed by atoms with Crippen LogP contribution in [0.1, 0.15) is 64.5 Å². The van der Waals surface area contributed by atoms with Gasteiger partial charge >= 0.3 is 11.9 Å². The van der Waals surface area contributed by atoms with Crippen molar-refractivity contribution in [1.82, 2.24) is 10.2 Å². The van der Waals surface area contributed by atoms with Crippen LogP contribution in [0.2, 0.25) is 0 Å². The molecule has 1 aliphatic carbocycles. The minimum absolute atomic E-state index is 0.0411. The highest BCUT2D eigenvalue weighted by molar-refractivity contribution is 5.83. The largest absolute Gasteiger partial charge is 0.493 e. The van der Waals surface area contributed by atoms with E-state index in [9.17, 15) is 19.5 Å². The zero-order chi connectivity index (χ0) is 31.0. The van der Waals surface area contributed by atoms with Crippen LogP contribution >= 0.6 is 0 Å². The highest BCUT2D eigenvalue weighted by atomic mass is 16.6. The number of benzene rings is 1. The summed E-state index contributed by atoms with van der Waals surface area (Å²) in [5, 5.41) is 15.0. The molecule has 2 heterocycles. The maximum Gasteiger partial charge on any atom is 0.352 e. The summed E-state index contributed by atoms with van der Waals surface area (Å²) in [5.74, 6) is -0.141. The Morgan fingerprint density at radius 1 is 1.26 bits per heavy atom. The number of likely N-dealkylation sites (N-methyl/N-ethyl adjacent to an activating group) is 1. The van der Waals surface area contributed by atoms with E-state index in [1.165, 1.54) is 6.92 Å². The molecule has 2 aliphatic heterocycles. The summed E-state index contributed by atoms with van der Waals surface area (Å²) in [4.78, 5) is 39.8. The third-order valence-corrected chi connectivity index (χ3v) is 9.08. The maximum atomic E-state index is 13.1. The van der Waals surface area contributed by atoms with Gasteiger partial charge in [0.05, 0.1) is 30.6 Å². The van der Waals surface area contributed by atoms with E-state index in [0.717, 1.165) is 11.1 Å². The predicted octanol–water partition coefficient (Wildman–Crippen LogP) is 2.10. The number of amides is 1. The lowest BCUT2D eigenvalue weighted by Gasteiger charge is -2.58. The fourth-order valence-electron chi connectivity index (χ4n) is 6.69. The summed E-state index contributed by atoms with van der Waals surface area (Å²) in [6.07, 6.45) is 0.939. The van der Waals surface area contributed by atoms with Gasteiger partial charge in [0, 0.05) is 24.6 Å². The molecule has 42 heavy (non-hydrogen) atoms. The molecular formula is C31H45N3O8. The van der Waals surface area contributed by atoms with Gasteiger partial charge in [-0.05, 0) is 70.8 Å². The Bertz CT molecular complexity index is 1250. The molecule has 1 amide bonds. The minimum atomic E-state index is -1.21. The number of piperidine rings is 1. The van der Waals surface area contributed by atoms with Crippen LogP contribution in [-0.4, -0.2) is 85.0 Å². The molecule has 1 spiro atoms. The maximum absolute atomic E-state index is 13.1. The van der Waals surface area contributed by atoms with Crippen molar-refractivity contribution < 1.29 is 38.4 Å². The quantitative estimate of drug-likeness (QED) is 0.347. The number of carbonyl (C=O) groups is 3. The number of ether oxygens (including phenoxy) is 4. The molecule has 11 nitrogen and oxygen atoms in total. The first kappa shape index (κ1) is 31.8. The second-order valence-electron chi connectivity index (χ2n) is 12.2. The molecule has 0 radical (unpaired) electrons. The average molecular weight is 588 g/mol. The third-order valence-electron chi connectivity index (χ3n) is 9.08. The van der Waals surface area contributed by atoms with Crippen molar-refractivity contribution >= 4 is 17.8 Å². The van der Waals surface area contributed by atoms with Gasteiger partial charge in [0.25, 0.3) is 0 Å². The van der Waals surface area contributed by atoms with Crippen molar-refractivity contribution in [2.45, 2.75) is 95.6 Å². The average Bonchev–Trinajstić information content (AvgIpc) is 3.29. The molecule has 0 saturated carbocycles. The van der Waals surface area contributed by atoms with Crippen molar-refractivity contribution in [2.75, 3.05) is 27.2 Å². The van der Waals surface area contributed by atoms with Crippen molar-refractivity contribution in [3.63, 3.8) is 0 Å². The van der Waals surface area contributed by atoms with Gasteiger partial charge in [-0.2, -0.15) is 0 Å². The van der Waals surface area contributed by atoms with Crippen LogP contribution in [0, 0.1) is 12.8 Å². The van der Waals surface area contributed by atoms with Gasteiger partial charge in [0.15, 0.2) is 23.7 Å². The first-order chi connectivity index (χ1) is 19.8. The number of fused-ring (bicyclic) bond motifs is 1. The molecule has 4 rings (SSSR count). The molecule has 3 aliphatic rings. The van der Waals surface area contributed by atoms with Crippen molar-refractivity contribution in [2.24, 2.45) is 11.7 Å². The summed E-state index contributed by atoms with van der Waals surface area (Å²) in [7, 11) is 3.55. The number of carbonyl (C=O) groups excluding carboxylic acids is 3. The van der Waals surface area contributed by atoms with Crippen molar-refractivity contribution in [3.8, 4) is 11.5 Å². The number of likely N-dealkylation sites (tertiary alicyclic amines) is 1. The van der Waals surface area contributed by atoms with Crippen LogP contribution in [0.3, 0.4) is 0 Å². The van der Waals surface area contributed by atoms with E-state index in [4.69, 9.17) is 24.7 Å². The normalized spacial score (nSPS) is 27.9. The predicted molar refractivity (Wildman–Crippen MR) is 155 cm³/mol. The number of methoxy groups -OCH3 is 1. The lowest BCUT2D eigenvalue weighted by molar-refractivity contribution is -0.171. The Labute approximate surface area is 247 Å². The highest BCUT2D eigenvalue weighted by Crippen LogP contribution is 2.62. The van der Waals surface area contributed by atoms with E-state index < -0.39 is 41.2 Å². The number of aliphatic hydroxyl groups is 1. The summed E-state index contributed by atoms with van der Waals surface area (Å²) >= 11 is 0. The van der Waals surface area contributed by atoms with Crippen molar-refractivity contribution in [3.05, 3.63) is 35.1 Å². The number of nitrogens with two attached hydrogens (primary N) is 1. The smallest absolute Gasteiger partial charge is 0.352 e. The molecule has 0 bridgehead atoms. The van der Waals surface area contributed by atoms with Gasteiger partial charge in [0.1, 0.15) is 5.76 Å². The Balaban J connectivity index is 1.48. The number of hydrogen-bond donors (Lipinski definition) is 3. The van der Waals surface area contributed by atoms with Gasteiger partial charge in [-0.1, -0.05) is 19.9 Å². The third kappa shape index (κ3) is 5.49. The standard InChI is InChI=1S/C31H45N3O8/c1-17(2)16-21(32)28(36)33-14-11-24(35)40-19(4)29(37)41-23-10-12-31(38)20(5)34(6)15-13-30(31)25-18(3)8-9-22(39-7)26(25)42-27(23)30/h8-10,17,19-21,27,38H,11-16,32H2,1-7H3,(H,33,36)/t19-,20+,21-,27-,30-,31+/m0/s1. The summed E-state index contributed by atoms with van der Waals surface area (Å²) in [5.41, 5.74) is 5.60. The Hall–Kier alpha value is -3.15. The topological polar surface area (TPSA) is 150 Å². The lowest BCUT2D eigenvalue weighted by Crippen LogP contribution is -2.71. The Kier molecular flexibility index (Phi) is 9.25. The van der Waals surface area contributed by atoms with E-state index in [1.54, 1.807) is 13.2 Å². The Morgan fingerprint density at radius 3 is 2.64 bits per heavy atom. The number of rotatable bonds is 10. The van der Waals surface area contributed by atoms with E-state index in [-0.39, 0.29) is 43.0 Å². The highest BCUT2D eigenvalue weighted by Gasteiger charge is 2.69. The van der Waals surface area contributed by atoms with Gasteiger partial charge in [-0.15, -0.1) is 0 Å². The number of aryl methyl sites for hydroxylation is 1. The molecule has 11 heteroatoms. The van der Waals surface area contributed by atoms with Crippen LogP contribution in [0.25, 0.3) is 0 Å². The van der Waals surface area contributed by atoms with E-state index in [0.29, 0.717) is 30.9 Å². The molecular weight excluding hydrogens is 542 g/mol. The number of hydrogen-bond acceptors (Lipinski definition) is 10. The zero-order valence-corrected chi connectivity index (χ0v) is 25.7. The van der Waals surface area contributed by atoms with Crippen molar-refractivity contribution in [1.29, 1.82) is 0 Å². The molecule has 1 aromatic rings. The van der Waals surface area contributed by atoms with Gasteiger partial charge in [0.2, 0.25) is 5.91 Å². The summed E-state index contributed by atoms with van der Waals surface area (Å²) < 4.78 is 23.3. The van der Waals surface area contributed by atoms with Crippen LogP contribution in [-0.2, 0) is 29.3 Å². The molecule has 0 unspecified atom stereocenters. The minimum Gasteiger partial charge on any atom is -0.493 e. The van der Waals surface area contributed by atoms with Gasteiger partial charge in [-0.3, -0.25) is 9.59 Å². The lowest BCUT2D eigenvalue weighted by atomic mass is 9.54. The van der Waals surface area contributed by atoms with E-state index in [2.05, 4.69) is 10.2 Å². The SMILES string of the molecule is COc1ccc(C)c2c1O[C@H]1C(OC(=O)[C@H](C)OC(=O)CCNC(=O)[C@@H](N)CC(C)C)=CC[C@@]3(O)[C@@H](C)N(C)CC[C@]213. The molecule has 1 fully saturated rings. The van der Waals surface area contributed by atoms with Gasteiger partial charge < -0.3 is 40.0 Å². The number of nitrogens with one attached hydrogen (secondary N) is 1. The first-order valence-electron chi connectivity index (χ1n) is 14.7. The molecule has 0 aromatic heterocycles. The first-order valence-corrected chi connectivity index (χ1v) is 14.7. The number of esters is 2. The molecule has 1 aromatic carbocycles. The molecule has 1 saturated heterocycles. The summed E-state index contributed by atoms with van der Waals surface area (Å²) in [6, 6.07) is 2.92. The van der Waals surface area contributed by atoms with E-state index >= 15 is 0 Å². The number of nitrogens with zero attached hydrogens (tertiary/aromatic N) is 1. The molecule has 4 N–H and O–H groups in total. The van der Waals surface area contributed by atoms with Crippen LogP contribution < -0.4 is 20.5 Å². The fourth-order valence-corrected chi connectivity index (χ4v) is 6.69. The van der Waals surface area contributed by atoms with E-state index in [1.807, 2.05) is 46.9 Å². The summed E-state index contributed by atoms with van der Waals surface area (Å²) in [6.45, 7) is 10.1. The van der Waals surface area contributed by atoms with Crippen LogP contribution in [0.4, 0.5) is 0 Å². The molecule has 232 valence electrons. The zero-order valence-electron chi connectivity index (χ0n) is 25.7. The Morgan fingerprint density at radius 2 is 1.98 bits per heavy atom. The fraction of sp³-hybridized carbons (Fsp3) is 0.645.